The van der Waals surface area contributed by atoms with Gasteiger partial charge in [-0.2, -0.15) is 4.31 Å². The first-order valence-corrected chi connectivity index (χ1v) is 7.49. The zero-order chi connectivity index (χ0) is 14.2. The standard InChI is InChI=1S/C12H16F2N2O2S/c1-8-4-5-16(11(8)7-15)19(17,18)12-3-2-9(13)6-10(12)14/h2-3,6,8,11H,4-5,7,15H2,1H3. The number of nitrogens with two attached hydrogens (primary N) is 1. The van der Waals surface area contributed by atoms with E-state index in [0.29, 0.717) is 19.0 Å². The predicted molar refractivity (Wildman–Crippen MR) is 66.9 cm³/mol. The summed E-state index contributed by atoms with van der Waals surface area (Å²) >= 11 is 0. The van der Waals surface area contributed by atoms with E-state index in [1.807, 2.05) is 6.92 Å². The maximum atomic E-state index is 13.7. The van der Waals surface area contributed by atoms with Gasteiger partial charge in [0.2, 0.25) is 10.0 Å². The molecule has 1 fully saturated rings. The molecule has 4 nitrogen and oxygen atoms in total. The summed E-state index contributed by atoms with van der Waals surface area (Å²) in [7, 11) is -3.97. The molecule has 2 unspecified atom stereocenters. The summed E-state index contributed by atoms with van der Waals surface area (Å²) in [5.41, 5.74) is 5.59. The van der Waals surface area contributed by atoms with Crippen molar-refractivity contribution in [2.45, 2.75) is 24.3 Å². The van der Waals surface area contributed by atoms with Crippen molar-refractivity contribution in [3.05, 3.63) is 29.8 Å². The summed E-state index contributed by atoms with van der Waals surface area (Å²) in [5, 5.41) is 0. The van der Waals surface area contributed by atoms with Crippen molar-refractivity contribution in [2.75, 3.05) is 13.1 Å². The van der Waals surface area contributed by atoms with Crippen molar-refractivity contribution in [1.29, 1.82) is 0 Å². The number of benzene rings is 1. The molecule has 0 aliphatic carbocycles. The molecule has 1 saturated heterocycles. The lowest BCUT2D eigenvalue weighted by molar-refractivity contribution is 0.352. The Labute approximate surface area is 111 Å². The Morgan fingerprint density at radius 2 is 2.11 bits per heavy atom. The Kier molecular flexibility index (Phi) is 3.89. The summed E-state index contributed by atoms with van der Waals surface area (Å²) in [5.74, 6) is -1.75. The van der Waals surface area contributed by atoms with E-state index >= 15 is 0 Å². The highest BCUT2D eigenvalue weighted by Gasteiger charge is 2.39. The van der Waals surface area contributed by atoms with Crippen LogP contribution in [0.4, 0.5) is 8.78 Å². The van der Waals surface area contributed by atoms with Gasteiger partial charge in [-0.3, -0.25) is 0 Å². The minimum Gasteiger partial charge on any atom is -0.329 e. The first-order valence-electron chi connectivity index (χ1n) is 6.05. The van der Waals surface area contributed by atoms with E-state index < -0.39 is 26.6 Å². The highest BCUT2D eigenvalue weighted by Crippen LogP contribution is 2.30. The average molecular weight is 290 g/mol. The van der Waals surface area contributed by atoms with Gasteiger partial charge in [0.05, 0.1) is 0 Å². The van der Waals surface area contributed by atoms with Gasteiger partial charge in [0, 0.05) is 25.2 Å². The molecule has 1 aromatic carbocycles. The molecule has 7 heteroatoms. The first kappa shape index (κ1) is 14.4. The van der Waals surface area contributed by atoms with Crippen LogP contribution >= 0.6 is 0 Å². The quantitative estimate of drug-likeness (QED) is 0.913. The van der Waals surface area contributed by atoms with Gasteiger partial charge < -0.3 is 5.73 Å². The lowest BCUT2D eigenvalue weighted by Crippen LogP contribution is -2.42. The third kappa shape index (κ3) is 2.50. The fourth-order valence-corrected chi connectivity index (χ4v) is 4.23. The van der Waals surface area contributed by atoms with Crippen LogP contribution < -0.4 is 5.73 Å². The summed E-state index contributed by atoms with van der Waals surface area (Å²) in [6, 6.07) is 2.13. The molecule has 0 saturated carbocycles. The summed E-state index contributed by atoms with van der Waals surface area (Å²) in [6.45, 7) is 2.40. The third-order valence-corrected chi connectivity index (χ3v) is 5.51. The molecule has 106 valence electrons. The van der Waals surface area contributed by atoms with E-state index in [1.54, 1.807) is 0 Å². The van der Waals surface area contributed by atoms with Crippen LogP contribution in [0.15, 0.2) is 23.1 Å². The van der Waals surface area contributed by atoms with Crippen molar-refractivity contribution < 1.29 is 17.2 Å². The molecule has 19 heavy (non-hydrogen) atoms. The monoisotopic (exact) mass is 290 g/mol. The van der Waals surface area contributed by atoms with Crippen LogP contribution in [0, 0.1) is 17.6 Å². The van der Waals surface area contributed by atoms with Crippen LogP contribution in [-0.4, -0.2) is 31.9 Å². The van der Waals surface area contributed by atoms with Gasteiger partial charge >= 0.3 is 0 Å². The van der Waals surface area contributed by atoms with Crippen LogP contribution in [-0.2, 0) is 10.0 Å². The Morgan fingerprint density at radius 1 is 1.42 bits per heavy atom. The Balaban J connectivity index is 2.42. The van der Waals surface area contributed by atoms with Crippen LogP contribution in [0.1, 0.15) is 13.3 Å². The second kappa shape index (κ2) is 5.15. The molecule has 1 aliphatic heterocycles. The van der Waals surface area contributed by atoms with Crippen molar-refractivity contribution in [2.24, 2.45) is 11.7 Å². The van der Waals surface area contributed by atoms with Gasteiger partial charge in [-0.15, -0.1) is 0 Å². The topological polar surface area (TPSA) is 63.4 Å². The number of halogens is 2. The molecule has 0 aromatic heterocycles. The van der Waals surface area contributed by atoms with Crippen LogP contribution in [0.2, 0.25) is 0 Å². The molecular weight excluding hydrogens is 274 g/mol. The molecule has 2 rings (SSSR count). The van der Waals surface area contributed by atoms with Crippen molar-refractivity contribution in [3.63, 3.8) is 0 Å². The summed E-state index contributed by atoms with van der Waals surface area (Å²) < 4.78 is 52.5. The number of hydrogen-bond donors (Lipinski definition) is 1. The fraction of sp³-hybridized carbons (Fsp3) is 0.500. The number of hydrogen-bond acceptors (Lipinski definition) is 3. The summed E-state index contributed by atoms with van der Waals surface area (Å²) in [6.07, 6.45) is 0.684. The zero-order valence-corrected chi connectivity index (χ0v) is 11.3. The van der Waals surface area contributed by atoms with Gasteiger partial charge in [0.15, 0.2) is 0 Å². The van der Waals surface area contributed by atoms with E-state index in [1.165, 1.54) is 4.31 Å². The van der Waals surface area contributed by atoms with Gasteiger partial charge in [0.25, 0.3) is 0 Å². The van der Waals surface area contributed by atoms with Gasteiger partial charge in [0.1, 0.15) is 16.5 Å². The molecule has 2 atom stereocenters. The van der Waals surface area contributed by atoms with E-state index in [9.17, 15) is 17.2 Å². The lowest BCUT2D eigenvalue weighted by Gasteiger charge is -2.25. The molecule has 0 bridgehead atoms. The molecule has 1 aromatic rings. The second-order valence-corrected chi connectivity index (χ2v) is 6.62. The number of rotatable bonds is 3. The van der Waals surface area contributed by atoms with Crippen molar-refractivity contribution >= 4 is 10.0 Å². The molecule has 0 spiro atoms. The molecule has 1 heterocycles. The van der Waals surface area contributed by atoms with Crippen LogP contribution in [0.5, 0.6) is 0 Å². The largest absolute Gasteiger partial charge is 0.329 e. The molecule has 0 amide bonds. The maximum absolute atomic E-state index is 13.7. The minimum absolute atomic E-state index is 0.128. The van der Waals surface area contributed by atoms with E-state index in [2.05, 4.69) is 0 Å². The molecular formula is C12H16F2N2O2S. The van der Waals surface area contributed by atoms with E-state index in [-0.39, 0.29) is 18.5 Å². The summed E-state index contributed by atoms with van der Waals surface area (Å²) in [4.78, 5) is -0.499. The maximum Gasteiger partial charge on any atom is 0.246 e. The smallest absolute Gasteiger partial charge is 0.246 e. The molecule has 1 aliphatic rings. The van der Waals surface area contributed by atoms with Crippen LogP contribution in [0.25, 0.3) is 0 Å². The lowest BCUT2D eigenvalue weighted by atomic mass is 10.0. The zero-order valence-electron chi connectivity index (χ0n) is 10.5. The molecule has 2 N–H and O–H groups in total. The highest BCUT2D eigenvalue weighted by atomic mass is 32.2. The van der Waals surface area contributed by atoms with E-state index in [0.717, 1.165) is 12.1 Å². The predicted octanol–water partition coefficient (Wildman–Crippen LogP) is 1.32. The highest BCUT2D eigenvalue weighted by molar-refractivity contribution is 7.89. The third-order valence-electron chi connectivity index (χ3n) is 3.55. The number of nitrogens with zero attached hydrogens (tertiary/aromatic N) is 1. The average Bonchev–Trinajstić information content (AvgIpc) is 2.70. The minimum atomic E-state index is -3.97. The Hall–Kier alpha value is -1.05. The normalized spacial score (nSPS) is 24.8. The van der Waals surface area contributed by atoms with E-state index in [4.69, 9.17) is 5.73 Å². The first-order chi connectivity index (χ1) is 8.87. The van der Waals surface area contributed by atoms with Gasteiger partial charge in [-0.25, -0.2) is 17.2 Å². The Bertz CT molecular complexity index is 577. The fourth-order valence-electron chi connectivity index (χ4n) is 2.43. The van der Waals surface area contributed by atoms with Gasteiger partial charge in [-0.05, 0) is 24.5 Å². The van der Waals surface area contributed by atoms with Crippen molar-refractivity contribution in [1.82, 2.24) is 4.31 Å². The Morgan fingerprint density at radius 3 is 2.68 bits per heavy atom. The number of sulfonamides is 1. The van der Waals surface area contributed by atoms with Crippen LogP contribution in [0.3, 0.4) is 0 Å². The van der Waals surface area contributed by atoms with Gasteiger partial charge in [-0.1, -0.05) is 6.92 Å². The SMILES string of the molecule is CC1CCN(S(=O)(=O)c2ccc(F)cc2F)C1CN. The van der Waals surface area contributed by atoms with Crippen molar-refractivity contribution in [3.8, 4) is 0 Å². The second-order valence-electron chi connectivity index (χ2n) is 4.76. The molecule has 0 radical (unpaired) electrons.